The molecule has 8 nitrogen and oxygen atoms in total. The summed E-state index contributed by atoms with van der Waals surface area (Å²) < 4.78 is 52.4. The van der Waals surface area contributed by atoms with Gasteiger partial charge in [-0.2, -0.15) is 0 Å². The smallest absolute Gasteiger partial charge is 0.339 e. The van der Waals surface area contributed by atoms with Gasteiger partial charge >= 0.3 is 5.97 Å². The summed E-state index contributed by atoms with van der Waals surface area (Å²) in [5, 5.41) is -0.755. The van der Waals surface area contributed by atoms with E-state index in [0.29, 0.717) is 50.9 Å². The van der Waals surface area contributed by atoms with Crippen molar-refractivity contribution in [2.75, 3.05) is 37.7 Å². The van der Waals surface area contributed by atoms with Crippen molar-refractivity contribution in [3.05, 3.63) is 58.6 Å². The highest BCUT2D eigenvalue weighted by Gasteiger charge is 2.38. The van der Waals surface area contributed by atoms with E-state index in [0.717, 1.165) is 6.07 Å². The van der Waals surface area contributed by atoms with Gasteiger partial charge in [-0.3, -0.25) is 14.2 Å². The third kappa shape index (κ3) is 5.13. The summed E-state index contributed by atoms with van der Waals surface area (Å²) >= 11 is 5.96. The van der Waals surface area contributed by atoms with Crippen LogP contribution in [0.2, 0.25) is 5.02 Å². The Morgan fingerprint density at radius 3 is 2.55 bits per heavy atom. The fraction of sp³-hybridized carbons (Fsp3) is 0.455. The van der Waals surface area contributed by atoms with E-state index in [2.05, 4.69) is 14.6 Å². The molecular weight excluding hydrogens is 473 g/mol. The summed E-state index contributed by atoms with van der Waals surface area (Å²) in [5.74, 6) is -1.16. The van der Waals surface area contributed by atoms with Crippen molar-refractivity contribution in [3.8, 4) is 0 Å². The fourth-order valence-electron chi connectivity index (χ4n) is 4.02. The monoisotopic (exact) mass is 497 g/mol. The number of likely N-dealkylation sites (tertiary alicyclic amines) is 1. The number of ether oxygens (including phenoxy) is 2. The van der Waals surface area contributed by atoms with Crippen LogP contribution in [0.3, 0.4) is 0 Å². The van der Waals surface area contributed by atoms with Gasteiger partial charge in [-0.15, -0.1) is 0 Å². The predicted octanol–water partition coefficient (Wildman–Crippen LogP) is 2.86. The van der Waals surface area contributed by atoms with E-state index >= 15 is 0 Å². The van der Waals surface area contributed by atoms with Gasteiger partial charge in [0.15, 0.2) is 0 Å². The lowest BCUT2D eigenvalue weighted by Gasteiger charge is -2.42. The van der Waals surface area contributed by atoms with Crippen molar-refractivity contribution in [1.29, 1.82) is 0 Å². The lowest BCUT2D eigenvalue weighted by Crippen LogP contribution is -2.54. The van der Waals surface area contributed by atoms with Crippen molar-refractivity contribution in [2.24, 2.45) is 0 Å². The van der Waals surface area contributed by atoms with Crippen LogP contribution in [-0.2, 0) is 26.0 Å². The number of halogens is 2. The van der Waals surface area contributed by atoms with Crippen LogP contribution >= 0.6 is 11.6 Å². The number of nitrogens with zero attached hydrogens (tertiary/aromatic N) is 3. The number of pyridine rings is 1. The maximum atomic E-state index is 13.8. The number of sulfonamides is 1. The number of piperidine rings is 1. The molecule has 33 heavy (non-hydrogen) atoms. The Bertz CT molecular complexity index is 1100. The standard InChI is InChI=1S/C22H25ClFN3O5S/c1-31-22(28)15-2-3-16(25-11-15)12-27(17-4-5-21(24)20(23)10-17)33(29,30)19-6-8-26(9-7-19)18-13-32-14-18/h2-5,10-11,18-19H,6-9,12-14H2,1H3. The van der Waals surface area contributed by atoms with Gasteiger partial charge in [0.05, 0.1) is 60.1 Å². The molecule has 1 aromatic heterocycles. The average Bonchev–Trinajstić information content (AvgIpc) is 2.78. The predicted molar refractivity (Wildman–Crippen MR) is 121 cm³/mol. The van der Waals surface area contributed by atoms with Crippen molar-refractivity contribution < 1.29 is 27.1 Å². The second kappa shape index (κ2) is 9.92. The molecule has 1 aromatic carbocycles. The molecule has 2 aliphatic rings. The molecule has 0 N–H and O–H groups in total. The lowest BCUT2D eigenvalue weighted by molar-refractivity contribution is -0.0695. The molecule has 2 saturated heterocycles. The minimum atomic E-state index is -3.81. The highest BCUT2D eigenvalue weighted by Crippen LogP contribution is 2.31. The summed E-state index contributed by atoms with van der Waals surface area (Å²) in [5.41, 5.74) is 0.943. The van der Waals surface area contributed by atoms with Gasteiger partial charge in [-0.1, -0.05) is 11.6 Å². The zero-order valence-electron chi connectivity index (χ0n) is 18.1. The van der Waals surface area contributed by atoms with E-state index in [-0.39, 0.29) is 22.8 Å². The summed E-state index contributed by atoms with van der Waals surface area (Å²) in [6, 6.07) is 7.29. The molecule has 3 heterocycles. The third-order valence-electron chi connectivity index (χ3n) is 6.08. The number of hydrogen-bond acceptors (Lipinski definition) is 7. The van der Waals surface area contributed by atoms with Crippen LogP contribution in [0.5, 0.6) is 0 Å². The van der Waals surface area contributed by atoms with Crippen molar-refractivity contribution in [3.63, 3.8) is 0 Å². The molecule has 0 bridgehead atoms. The van der Waals surface area contributed by atoms with Crippen LogP contribution in [-0.4, -0.2) is 69.0 Å². The molecule has 0 unspecified atom stereocenters. The maximum Gasteiger partial charge on any atom is 0.339 e. The fourth-order valence-corrected chi connectivity index (χ4v) is 6.09. The Balaban J connectivity index is 1.59. The number of hydrogen-bond donors (Lipinski definition) is 0. The highest BCUT2D eigenvalue weighted by atomic mass is 35.5. The number of rotatable bonds is 7. The van der Waals surface area contributed by atoms with Gasteiger partial charge < -0.3 is 9.47 Å². The first-order chi connectivity index (χ1) is 15.8. The Labute approximate surface area is 197 Å². The van der Waals surface area contributed by atoms with E-state index in [1.165, 1.54) is 35.8 Å². The molecule has 2 fully saturated rings. The van der Waals surface area contributed by atoms with Gasteiger partial charge in [-0.25, -0.2) is 17.6 Å². The summed E-state index contributed by atoms with van der Waals surface area (Å²) in [6.07, 6.45) is 2.31. The second-order valence-electron chi connectivity index (χ2n) is 8.11. The van der Waals surface area contributed by atoms with Crippen LogP contribution in [0, 0.1) is 5.82 Å². The van der Waals surface area contributed by atoms with E-state index in [9.17, 15) is 17.6 Å². The molecule has 11 heteroatoms. The summed E-state index contributed by atoms with van der Waals surface area (Å²) in [6.45, 7) is 2.63. The van der Waals surface area contributed by atoms with E-state index in [4.69, 9.17) is 16.3 Å². The normalized spacial score (nSPS) is 18.0. The largest absolute Gasteiger partial charge is 0.465 e. The first kappa shape index (κ1) is 23.9. The van der Waals surface area contributed by atoms with E-state index in [1.807, 2.05) is 0 Å². The Hall–Kier alpha value is -2.27. The van der Waals surface area contributed by atoms with Gasteiger partial charge in [0.2, 0.25) is 10.0 Å². The van der Waals surface area contributed by atoms with Crippen molar-refractivity contribution in [1.82, 2.24) is 9.88 Å². The third-order valence-corrected chi connectivity index (χ3v) is 8.64. The number of benzene rings is 1. The summed E-state index contributed by atoms with van der Waals surface area (Å²) in [7, 11) is -2.54. The molecule has 0 atom stereocenters. The molecule has 2 aliphatic heterocycles. The van der Waals surface area contributed by atoms with E-state index in [1.54, 1.807) is 6.07 Å². The highest BCUT2D eigenvalue weighted by molar-refractivity contribution is 7.93. The van der Waals surface area contributed by atoms with Gasteiger partial charge in [0.1, 0.15) is 5.82 Å². The molecule has 0 aliphatic carbocycles. The zero-order valence-corrected chi connectivity index (χ0v) is 19.7. The lowest BCUT2D eigenvalue weighted by atomic mass is 10.1. The topological polar surface area (TPSA) is 89.0 Å². The Morgan fingerprint density at radius 1 is 1.27 bits per heavy atom. The maximum absolute atomic E-state index is 13.8. The van der Waals surface area contributed by atoms with Gasteiger partial charge in [-0.05, 0) is 56.3 Å². The average molecular weight is 498 g/mol. The van der Waals surface area contributed by atoms with Crippen LogP contribution in [0.15, 0.2) is 36.5 Å². The first-order valence-corrected chi connectivity index (χ1v) is 12.5. The van der Waals surface area contributed by atoms with Crippen LogP contribution in [0.1, 0.15) is 28.9 Å². The van der Waals surface area contributed by atoms with Crippen LogP contribution in [0.25, 0.3) is 0 Å². The molecule has 178 valence electrons. The van der Waals surface area contributed by atoms with Crippen LogP contribution in [0.4, 0.5) is 10.1 Å². The van der Waals surface area contributed by atoms with Gasteiger partial charge in [0.25, 0.3) is 0 Å². The van der Waals surface area contributed by atoms with E-state index < -0.39 is 27.1 Å². The molecule has 0 spiro atoms. The molecule has 4 rings (SSSR count). The molecular formula is C22H25ClFN3O5S. The number of carbonyl (C=O) groups excluding carboxylic acids is 1. The number of methoxy groups -OCH3 is 1. The minimum absolute atomic E-state index is 0.0809. The Morgan fingerprint density at radius 2 is 2.00 bits per heavy atom. The zero-order chi connectivity index (χ0) is 23.6. The Kier molecular flexibility index (Phi) is 7.18. The van der Waals surface area contributed by atoms with Crippen molar-refractivity contribution in [2.45, 2.75) is 30.7 Å². The van der Waals surface area contributed by atoms with Crippen molar-refractivity contribution >= 4 is 33.3 Å². The second-order valence-corrected chi connectivity index (χ2v) is 10.7. The number of aromatic nitrogens is 1. The van der Waals surface area contributed by atoms with Crippen LogP contribution < -0.4 is 4.31 Å². The molecule has 2 aromatic rings. The number of esters is 1. The first-order valence-electron chi connectivity index (χ1n) is 10.6. The number of anilines is 1. The molecule has 0 radical (unpaired) electrons. The minimum Gasteiger partial charge on any atom is -0.465 e. The SMILES string of the molecule is COC(=O)c1ccc(CN(c2ccc(F)c(Cl)c2)S(=O)(=O)C2CCN(C3COC3)CC2)nc1. The quantitative estimate of drug-likeness (QED) is 0.543. The molecule has 0 amide bonds. The summed E-state index contributed by atoms with van der Waals surface area (Å²) in [4.78, 5) is 18.2. The number of carbonyl (C=O) groups is 1. The molecule has 0 saturated carbocycles. The van der Waals surface area contributed by atoms with Gasteiger partial charge in [0, 0.05) is 6.20 Å².